The third-order valence-electron chi connectivity index (χ3n) is 3.35. The van der Waals surface area contributed by atoms with Crippen molar-refractivity contribution in [2.24, 2.45) is 0 Å². The van der Waals surface area contributed by atoms with Gasteiger partial charge in [-0.3, -0.25) is 9.69 Å². The van der Waals surface area contributed by atoms with Crippen LogP contribution in [-0.2, 0) is 16.0 Å². The zero-order valence-corrected chi connectivity index (χ0v) is 13.6. The molecule has 1 amide bonds. The quantitative estimate of drug-likeness (QED) is 0.589. The van der Waals surface area contributed by atoms with Crippen LogP contribution in [0.2, 0.25) is 5.02 Å². The molecular weight excluding hydrogens is 302 g/mol. The zero-order chi connectivity index (χ0) is 16.5. The number of terminal acetylenes is 1. The van der Waals surface area contributed by atoms with Gasteiger partial charge in [0.25, 0.3) is 0 Å². The fraction of sp³-hybridized carbons (Fsp3) is 0.412. The van der Waals surface area contributed by atoms with Gasteiger partial charge in [0.1, 0.15) is 11.6 Å². The van der Waals surface area contributed by atoms with Gasteiger partial charge in [-0.1, -0.05) is 17.7 Å². The van der Waals surface area contributed by atoms with Gasteiger partial charge in [-0.25, -0.2) is 4.79 Å². The highest BCUT2D eigenvalue weighted by atomic mass is 35.5. The number of nitrogens with zero attached hydrogens (tertiary/aromatic N) is 1. The lowest BCUT2D eigenvalue weighted by Crippen LogP contribution is -2.45. The molecule has 0 bridgehead atoms. The average Bonchev–Trinajstić information content (AvgIpc) is 2.43. The first-order valence-electron chi connectivity index (χ1n) is 7.01. The molecule has 1 aromatic carbocycles. The molecule has 1 unspecified atom stereocenters. The predicted octanol–water partition coefficient (Wildman–Crippen LogP) is 3.38. The number of hydrogen-bond acceptors (Lipinski definition) is 3. The Labute approximate surface area is 135 Å². The van der Waals surface area contributed by atoms with E-state index >= 15 is 0 Å². The lowest BCUT2D eigenvalue weighted by Gasteiger charge is -2.36. The summed E-state index contributed by atoms with van der Waals surface area (Å²) in [5, 5.41) is 0.594. The van der Waals surface area contributed by atoms with Crippen molar-refractivity contribution < 1.29 is 14.3 Å². The van der Waals surface area contributed by atoms with Crippen molar-refractivity contribution in [3.05, 3.63) is 34.3 Å². The molecule has 0 fully saturated rings. The Balaban J connectivity index is 2.40. The van der Waals surface area contributed by atoms with Crippen molar-refractivity contribution >= 4 is 23.5 Å². The molecule has 1 aliphatic heterocycles. The Hall–Kier alpha value is -1.99. The number of carbonyl (C=O) groups excluding carboxylic acids is 2. The van der Waals surface area contributed by atoms with Gasteiger partial charge in [0.2, 0.25) is 5.78 Å². The van der Waals surface area contributed by atoms with Crippen LogP contribution in [0.25, 0.3) is 0 Å². The molecule has 1 heterocycles. The summed E-state index contributed by atoms with van der Waals surface area (Å²) in [6.07, 6.45) is 5.34. The van der Waals surface area contributed by atoms with Gasteiger partial charge < -0.3 is 4.74 Å². The molecule has 2 rings (SSSR count). The Morgan fingerprint density at radius 1 is 1.41 bits per heavy atom. The van der Waals surface area contributed by atoms with Gasteiger partial charge in [-0.15, -0.1) is 6.42 Å². The first-order valence-corrected chi connectivity index (χ1v) is 7.39. The van der Waals surface area contributed by atoms with Crippen molar-refractivity contribution in [2.75, 3.05) is 6.54 Å². The van der Waals surface area contributed by atoms with Gasteiger partial charge >= 0.3 is 6.09 Å². The molecule has 0 saturated carbocycles. The average molecular weight is 320 g/mol. The van der Waals surface area contributed by atoms with E-state index in [4.69, 9.17) is 22.8 Å². The maximum absolute atomic E-state index is 12.4. The van der Waals surface area contributed by atoms with E-state index in [2.05, 4.69) is 5.92 Å². The number of Topliss-reactive ketones (excluding diaryl/α,β-unsaturated/α-hetero) is 1. The maximum Gasteiger partial charge on any atom is 0.411 e. The van der Waals surface area contributed by atoms with Crippen molar-refractivity contribution in [1.82, 2.24) is 4.90 Å². The topological polar surface area (TPSA) is 46.6 Å². The number of ketones is 1. The van der Waals surface area contributed by atoms with Crippen LogP contribution in [-0.4, -0.2) is 28.9 Å². The third kappa shape index (κ3) is 3.42. The van der Waals surface area contributed by atoms with E-state index in [0.717, 1.165) is 5.56 Å². The molecule has 5 heteroatoms. The Bertz CT molecular complexity index is 655. The van der Waals surface area contributed by atoms with Gasteiger partial charge in [0, 0.05) is 11.6 Å². The van der Waals surface area contributed by atoms with E-state index in [-0.39, 0.29) is 0 Å². The fourth-order valence-corrected chi connectivity index (χ4v) is 2.67. The van der Waals surface area contributed by atoms with Crippen molar-refractivity contribution in [3.63, 3.8) is 0 Å². The van der Waals surface area contributed by atoms with E-state index in [0.29, 0.717) is 23.6 Å². The summed E-state index contributed by atoms with van der Waals surface area (Å²) in [5.41, 5.74) is 1.01. The number of rotatable bonds is 1. The van der Waals surface area contributed by atoms with Crippen molar-refractivity contribution in [1.29, 1.82) is 0 Å². The lowest BCUT2D eigenvalue weighted by atomic mass is 9.90. The highest BCUT2D eigenvalue weighted by molar-refractivity contribution is 6.30. The standard InChI is InChI=1S/C17H18ClNO3/c1-5-14(20)15-13-7-6-12(18)10-11(13)8-9-19(15)16(21)22-17(2,3)4/h1,6-7,10,15H,8-9H2,2-4H3. The van der Waals surface area contributed by atoms with E-state index in [9.17, 15) is 9.59 Å². The Morgan fingerprint density at radius 3 is 2.68 bits per heavy atom. The molecular formula is C17H18ClNO3. The fourth-order valence-electron chi connectivity index (χ4n) is 2.47. The monoisotopic (exact) mass is 319 g/mol. The van der Waals surface area contributed by atoms with Crippen LogP contribution >= 0.6 is 11.6 Å². The molecule has 0 saturated heterocycles. The van der Waals surface area contributed by atoms with Crippen LogP contribution in [0.15, 0.2) is 18.2 Å². The van der Waals surface area contributed by atoms with Crippen molar-refractivity contribution in [3.8, 4) is 12.3 Å². The highest BCUT2D eigenvalue weighted by Gasteiger charge is 2.37. The molecule has 1 aromatic rings. The second-order valence-corrected chi connectivity index (χ2v) is 6.61. The Kier molecular flexibility index (Phi) is 4.48. The minimum Gasteiger partial charge on any atom is -0.444 e. The van der Waals surface area contributed by atoms with Crippen molar-refractivity contribution in [2.45, 2.75) is 38.8 Å². The second-order valence-electron chi connectivity index (χ2n) is 6.18. The number of halogens is 1. The summed E-state index contributed by atoms with van der Waals surface area (Å²) in [6.45, 7) is 5.70. The molecule has 1 aliphatic rings. The largest absolute Gasteiger partial charge is 0.444 e. The van der Waals surface area contributed by atoms with Gasteiger partial charge in [-0.05, 0) is 56.4 Å². The van der Waals surface area contributed by atoms with Gasteiger partial charge in [-0.2, -0.15) is 0 Å². The van der Waals surface area contributed by atoms with E-state index < -0.39 is 23.5 Å². The van der Waals surface area contributed by atoms with E-state index in [1.165, 1.54) is 4.90 Å². The van der Waals surface area contributed by atoms with Gasteiger partial charge in [0.05, 0.1) is 0 Å². The predicted molar refractivity (Wildman–Crippen MR) is 84.7 cm³/mol. The first-order chi connectivity index (χ1) is 10.2. The van der Waals surface area contributed by atoms with Crippen LogP contribution < -0.4 is 0 Å². The number of benzene rings is 1. The minimum absolute atomic E-state index is 0.361. The summed E-state index contributed by atoms with van der Waals surface area (Å²) in [4.78, 5) is 25.9. The highest BCUT2D eigenvalue weighted by Crippen LogP contribution is 2.33. The minimum atomic E-state index is -0.819. The molecule has 116 valence electrons. The lowest BCUT2D eigenvalue weighted by molar-refractivity contribution is -0.119. The van der Waals surface area contributed by atoms with Crippen LogP contribution in [0.4, 0.5) is 4.79 Å². The van der Waals surface area contributed by atoms with E-state index in [1.54, 1.807) is 39.0 Å². The summed E-state index contributed by atoms with van der Waals surface area (Å²) in [7, 11) is 0. The number of fused-ring (bicyclic) bond motifs is 1. The molecule has 4 nitrogen and oxygen atoms in total. The SMILES string of the molecule is C#CC(=O)C1c2ccc(Cl)cc2CCN1C(=O)OC(C)(C)C. The molecule has 0 spiro atoms. The molecule has 0 aromatic heterocycles. The molecule has 0 radical (unpaired) electrons. The summed E-state index contributed by atoms with van der Waals surface area (Å²) >= 11 is 5.99. The van der Waals surface area contributed by atoms with Crippen LogP contribution in [0.1, 0.15) is 37.9 Å². The molecule has 1 atom stereocenters. The summed E-state index contributed by atoms with van der Waals surface area (Å²) in [6, 6.07) is 4.42. The Morgan fingerprint density at radius 2 is 2.09 bits per heavy atom. The normalized spacial score (nSPS) is 17.4. The van der Waals surface area contributed by atoms with Crippen LogP contribution in [0, 0.1) is 12.3 Å². The smallest absolute Gasteiger partial charge is 0.411 e. The van der Waals surface area contributed by atoms with Crippen LogP contribution in [0.5, 0.6) is 0 Å². The number of amides is 1. The molecule has 22 heavy (non-hydrogen) atoms. The van der Waals surface area contributed by atoms with E-state index in [1.807, 2.05) is 0 Å². The summed E-state index contributed by atoms with van der Waals surface area (Å²) in [5.74, 6) is 1.65. The third-order valence-corrected chi connectivity index (χ3v) is 3.59. The maximum atomic E-state index is 12.4. The molecule has 0 N–H and O–H groups in total. The first kappa shape index (κ1) is 16.4. The van der Waals surface area contributed by atoms with Crippen LogP contribution in [0.3, 0.4) is 0 Å². The number of hydrogen-bond donors (Lipinski definition) is 0. The molecule has 0 aliphatic carbocycles. The zero-order valence-electron chi connectivity index (χ0n) is 12.9. The number of carbonyl (C=O) groups is 2. The summed E-state index contributed by atoms with van der Waals surface area (Å²) < 4.78 is 5.38. The second kappa shape index (κ2) is 6.02. The van der Waals surface area contributed by atoms with Gasteiger partial charge in [0.15, 0.2) is 0 Å². The number of ether oxygens (including phenoxy) is 1.